The number of carbonyl (C=O) groups is 1. The van der Waals surface area contributed by atoms with Crippen LogP contribution in [0.1, 0.15) is 28.0 Å². The van der Waals surface area contributed by atoms with Gasteiger partial charge in [-0.15, -0.1) is 0 Å². The Balaban J connectivity index is 1.71. The first-order valence-corrected chi connectivity index (χ1v) is 7.99. The van der Waals surface area contributed by atoms with E-state index >= 15 is 0 Å². The molecular weight excluding hydrogens is 300 g/mol. The molecule has 0 fully saturated rings. The maximum atomic E-state index is 12.6. The Bertz CT molecular complexity index is 982. The number of hydrogen-bond donors (Lipinski definition) is 0. The minimum Gasteiger partial charge on any atom is -0.497 e. The van der Waals surface area contributed by atoms with Gasteiger partial charge in [0.2, 0.25) is 0 Å². The third-order valence-electron chi connectivity index (χ3n) is 4.64. The van der Waals surface area contributed by atoms with Crippen molar-refractivity contribution >= 4 is 22.6 Å². The lowest BCUT2D eigenvalue weighted by atomic mass is 9.90. The number of carbonyl (C=O) groups excluding carboxylic acids is 1. The number of methoxy groups -OCH3 is 1. The first kappa shape index (κ1) is 14.7. The molecule has 0 amide bonds. The van der Waals surface area contributed by atoms with E-state index in [2.05, 4.69) is 17.2 Å². The second-order valence-corrected chi connectivity index (χ2v) is 6.10. The van der Waals surface area contributed by atoms with E-state index in [4.69, 9.17) is 4.74 Å². The van der Waals surface area contributed by atoms with E-state index in [1.54, 1.807) is 18.0 Å². The molecule has 0 saturated heterocycles. The van der Waals surface area contributed by atoms with Crippen LogP contribution in [0.5, 0.6) is 5.75 Å². The Hall–Kier alpha value is -2.88. The lowest BCUT2D eigenvalue weighted by Crippen LogP contribution is -2.14. The molecule has 0 atom stereocenters. The highest BCUT2D eigenvalue weighted by Crippen LogP contribution is 2.28. The van der Waals surface area contributed by atoms with Gasteiger partial charge in [-0.2, -0.15) is 5.10 Å². The number of ether oxygens (including phenoxy) is 1. The molecule has 4 nitrogen and oxygen atoms in total. The Morgan fingerprint density at radius 1 is 1.12 bits per heavy atom. The van der Waals surface area contributed by atoms with Crippen molar-refractivity contribution in [2.24, 2.45) is 7.05 Å². The van der Waals surface area contributed by atoms with Gasteiger partial charge in [0.15, 0.2) is 5.78 Å². The molecule has 2 aromatic carbocycles. The average molecular weight is 318 g/mol. The summed E-state index contributed by atoms with van der Waals surface area (Å²) in [5.41, 5.74) is 3.66. The van der Waals surface area contributed by atoms with E-state index < -0.39 is 0 Å². The SMILES string of the molecule is COc1ccc2cc(/C=C3/CCc4c(cnn4C)C3=O)ccc2c1. The van der Waals surface area contributed by atoms with Crippen molar-refractivity contribution in [1.82, 2.24) is 9.78 Å². The summed E-state index contributed by atoms with van der Waals surface area (Å²) in [5, 5.41) is 6.46. The number of hydrogen-bond acceptors (Lipinski definition) is 3. The largest absolute Gasteiger partial charge is 0.497 e. The van der Waals surface area contributed by atoms with E-state index in [9.17, 15) is 4.79 Å². The van der Waals surface area contributed by atoms with Crippen LogP contribution in [0.3, 0.4) is 0 Å². The Morgan fingerprint density at radius 2 is 1.92 bits per heavy atom. The quantitative estimate of drug-likeness (QED) is 0.675. The highest BCUT2D eigenvalue weighted by atomic mass is 16.5. The van der Waals surface area contributed by atoms with Gasteiger partial charge >= 0.3 is 0 Å². The molecule has 4 heteroatoms. The third-order valence-corrected chi connectivity index (χ3v) is 4.64. The molecule has 0 unspecified atom stereocenters. The van der Waals surface area contributed by atoms with Crippen LogP contribution in [0, 0.1) is 0 Å². The van der Waals surface area contributed by atoms with Crippen LogP contribution in [0.2, 0.25) is 0 Å². The van der Waals surface area contributed by atoms with Gasteiger partial charge in [-0.25, -0.2) is 0 Å². The maximum absolute atomic E-state index is 12.6. The van der Waals surface area contributed by atoms with Crippen LogP contribution in [0.15, 0.2) is 48.2 Å². The predicted molar refractivity (Wildman–Crippen MR) is 94.3 cm³/mol. The van der Waals surface area contributed by atoms with Crippen molar-refractivity contribution in [2.45, 2.75) is 12.8 Å². The monoisotopic (exact) mass is 318 g/mol. The van der Waals surface area contributed by atoms with Crippen molar-refractivity contribution in [3.63, 3.8) is 0 Å². The number of benzene rings is 2. The van der Waals surface area contributed by atoms with Gasteiger partial charge in [-0.1, -0.05) is 18.2 Å². The second kappa shape index (κ2) is 5.64. The van der Waals surface area contributed by atoms with Gasteiger partial charge < -0.3 is 4.74 Å². The molecule has 4 rings (SSSR count). The molecule has 0 saturated carbocycles. The summed E-state index contributed by atoms with van der Waals surface area (Å²) in [6, 6.07) is 12.2. The Morgan fingerprint density at radius 3 is 2.75 bits per heavy atom. The van der Waals surface area contributed by atoms with E-state index in [1.807, 2.05) is 37.4 Å². The molecule has 0 N–H and O–H groups in total. The van der Waals surface area contributed by atoms with Crippen molar-refractivity contribution in [3.05, 3.63) is 65.0 Å². The molecule has 1 aliphatic rings. The highest BCUT2D eigenvalue weighted by molar-refractivity contribution is 6.13. The Labute approximate surface area is 140 Å². The van der Waals surface area contributed by atoms with Crippen molar-refractivity contribution in [3.8, 4) is 5.75 Å². The predicted octanol–water partition coefficient (Wildman–Crippen LogP) is 3.79. The van der Waals surface area contributed by atoms with Gasteiger partial charge in [0.1, 0.15) is 5.75 Å². The fraction of sp³-hybridized carbons (Fsp3) is 0.200. The maximum Gasteiger partial charge on any atom is 0.192 e. The summed E-state index contributed by atoms with van der Waals surface area (Å²) in [5.74, 6) is 0.944. The number of fused-ring (bicyclic) bond motifs is 2. The zero-order chi connectivity index (χ0) is 16.7. The fourth-order valence-corrected chi connectivity index (χ4v) is 3.29. The van der Waals surface area contributed by atoms with Gasteiger partial charge in [-0.3, -0.25) is 9.48 Å². The molecule has 0 spiro atoms. The lowest BCUT2D eigenvalue weighted by Gasteiger charge is -2.14. The zero-order valence-electron chi connectivity index (χ0n) is 13.7. The molecule has 0 aliphatic heterocycles. The number of allylic oxidation sites excluding steroid dienone is 1. The molecule has 24 heavy (non-hydrogen) atoms. The minimum absolute atomic E-state index is 0.0965. The van der Waals surface area contributed by atoms with Crippen LogP contribution in [0.25, 0.3) is 16.8 Å². The van der Waals surface area contributed by atoms with E-state index in [1.165, 1.54) is 0 Å². The summed E-state index contributed by atoms with van der Waals surface area (Å²) in [6.07, 6.45) is 5.29. The molecular formula is C20H18N2O2. The Kier molecular flexibility index (Phi) is 3.45. The molecule has 1 heterocycles. The fourth-order valence-electron chi connectivity index (χ4n) is 3.29. The van der Waals surface area contributed by atoms with Crippen LogP contribution in [0.4, 0.5) is 0 Å². The molecule has 0 bridgehead atoms. The topological polar surface area (TPSA) is 44.1 Å². The van der Waals surface area contributed by atoms with Gasteiger partial charge in [-0.05, 0) is 53.5 Å². The van der Waals surface area contributed by atoms with Crippen molar-refractivity contribution in [2.75, 3.05) is 7.11 Å². The summed E-state index contributed by atoms with van der Waals surface area (Å²) in [6.45, 7) is 0. The highest BCUT2D eigenvalue weighted by Gasteiger charge is 2.24. The van der Waals surface area contributed by atoms with E-state index in [-0.39, 0.29) is 5.78 Å². The summed E-state index contributed by atoms with van der Waals surface area (Å²) >= 11 is 0. The van der Waals surface area contributed by atoms with Crippen LogP contribution in [-0.4, -0.2) is 22.7 Å². The first-order valence-electron chi connectivity index (χ1n) is 7.99. The number of aromatic nitrogens is 2. The van der Waals surface area contributed by atoms with Crippen LogP contribution < -0.4 is 4.74 Å². The average Bonchev–Trinajstić information content (AvgIpc) is 2.98. The van der Waals surface area contributed by atoms with Gasteiger partial charge in [0.05, 0.1) is 18.9 Å². The number of ketones is 1. The lowest BCUT2D eigenvalue weighted by molar-refractivity contribution is 0.102. The number of Topliss-reactive ketones (excluding diaryl/α,β-unsaturated/α-hetero) is 1. The molecule has 0 radical (unpaired) electrons. The van der Waals surface area contributed by atoms with Crippen molar-refractivity contribution < 1.29 is 9.53 Å². The number of rotatable bonds is 2. The third kappa shape index (κ3) is 2.40. The van der Waals surface area contributed by atoms with Crippen molar-refractivity contribution in [1.29, 1.82) is 0 Å². The first-order chi connectivity index (χ1) is 11.7. The summed E-state index contributed by atoms with van der Waals surface area (Å²) in [7, 11) is 3.56. The van der Waals surface area contributed by atoms with E-state index in [0.29, 0.717) is 0 Å². The molecule has 120 valence electrons. The van der Waals surface area contributed by atoms with E-state index in [0.717, 1.165) is 51.8 Å². The minimum atomic E-state index is 0.0965. The standard InChI is InChI=1S/C20H18N2O2/c1-22-19-8-6-16(20(23)18(19)12-21-22)10-13-3-4-15-11-17(24-2)7-5-14(15)9-13/h3-5,7,9-12H,6,8H2,1-2H3/b16-10-. The smallest absolute Gasteiger partial charge is 0.192 e. The number of aryl methyl sites for hydroxylation is 1. The van der Waals surface area contributed by atoms with Gasteiger partial charge in [0, 0.05) is 18.3 Å². The summed E-state index contributed by atoms with van der Waals surface area (Å²) < 4.78 is 7.06. The zero-order valence-corrected chi connectivity index (χ0v) is 13.7. The van der Waals surface area contributed by atoms with Gasteiger partial charge in [0.25, 0.3) is 0 Å². The molecule has 1 aliphatic carbocycles. The molecule has 3 aromatic rings. The molecule has 1 aromatic heterocycles. The summed E-state index contributed by atoms with van der Waals surface area (Å²) in [4.78, 5) is 12.6. The van der Waals surface area contributed by atoms with Crippen LogP contribution >= 0.6 is 0 Å². The van der Waals surface area contributed by atoms with Crippen LogP contribution in [-0.2, 0) is 13.5 Å². The number of nitrogens with zero attached hydrogens (tertiary/aromatic N) is 2. The second-order valence-electron chi connectivity index (χ2n) is 6.10. The normalized spacial score (nSPS) is 15.8.